The van der Waals surface area contributed by atoms with E-state index in [4.69, 9.17) is 4.74 Å². The Hall–Kier alpha value is -0.610. The van der Waals surface area contributed by atoms with Crippen LogP contribution >= 0.6 is 0 Å². The number of ether oxygens (including phenoxy) is 1. The molecule has 0 spiro atoms. The van der Waals surface area contributed by atoms with Crippen molar-refractivity contribution in [1.82, 2.24) is 10.2 Å². The monoisotopic (exact) mass is 212 g/mol. The maximum absolute atomic E-state index is 12.1. The maximum Gasteiger partial charge on any atom is 0.240 e. The third-order valence-electron chi connectivity index (χ3n) is 3.38. The van der Waals surface area contributed by atoms with Crippen LogP contribution in [0.25, 0.3) is 0 Å². The van der Waals surface area contributed by atoms with E-state index in [2.05, 4.69) is 5.32 Å². The van der Waals surface area contributed by atoms with E-state index in [1.807, 2.05) is 4.90 Å². The van der Waals surface area contributed by atoms with Gasteiger partial charge in [-0.1, -0.05) is 0 Å². The number of hydrogen-bond donors (Lipinski definition) is 1. The molecule has 2 saturated heterocycles. The van der Waals surface area contributed by atoms with E-state index >= 15 is 0 Å². The Balaban J connectivity index is 1.92. The summed E-state index contributed by atoms with van der Waals surface area (Å²) in [5.74, 6) is 0.284. The summed E-state index contributed by atoms with van der Waals surface area (Å²) >= 11 is 0. The van der Waals surface area contributed by atoms with Crippen molar-refractivity contribution in [2.75, 3.05) is 26.8 Å². The van der Waals surface area contributed by atoms with Crippen LogP contribution in [0.3, 0.4) is 0 Å². The summed E-state index contributed by atoms with van der Waals surface area (Å²) in [7, 11) is 1.70. The van der Waals surface area contributed by atoms with Crippen LogP contribution in [0, 0.1) is 0 Å². The number of nitrogens with one attached hydrogen (secondary N) is 1. The van der Waals surface area contributed by atoms with Crippen molar-refractivity contribution in [2.45, 2.75) is 37.8 Å². The van der Waals surface area contributed by atoms with Crippen LogP contribution in [0.1, 0.15) is 25.7 Å². The molecule has 0 saturated carbocycles. The minimum absolute atomic E-state index is 0.0717. The van der Waals surface area contributed by atoms with Crippen LogP contribution in [-0.4, -0.2) is 49.7 Å². The first-order chi connectivity index (χ1) is 7.33. The van der Waals surface area contributed by atoms with Crippen molar-refractivity contribution in [3.05, 3.63) is 0 Å². The molecule has 0 aromatic heterocycles. The van der Waals surface area contributed by atoms with E-state index in [0.717, 1.165) is 38.8 Å². The summed E-state index contributed by atoms with van der Waals surface area (Å²) < 4.78 is 5.15. The predicted molar refractivity (Wildman–Crippen MR) is 57.6 cm³/mol. The highest BCUT2D eigenvalue weighted by molar-refractivity contribution is 5.82. The highest BCUT2D eigenvalue weighted by Gasteiger charge is 2.33. The Labute approximate surface area is 91.0 Å². The number of rotatable bonds is 3. The molecule has 2 aliphatic heterocycles. The highest BCUT2D eigenvalue weighted by Crippen LogP contribution is 2.20. The molecule has 4 heteroatoms. The van der Waals surface area contributed by atoms with E-state index in [-0.39, 0.29) is 11.9 Å². The second-order valence-electron chi connectivity index (χ2n) is 4.43. The fourth-order valence-corrected chi connectivity index (χ4v) is 2.59. The van der Waals surface area contributed by atoms with Gasteiger partial charge in [-0.05, 0) is 32.2 Å². The molecule has 2 atom stereocenters. The van der Waals surface area contributed by atoms with Crippen molar-refractivity contribution in [1.29, 1.82) is 0 Å². The fourth-order valence-electron chi connectivity index (χ4n) is 2.59. The highest BCUT2D eigenvalue weighted by atomic mass is 16.5. The summed E-state index contributed by atoms with van der Waals surface area (Å²) in [5, 5.41) is 3.26. The van der Waals surface area contributed by atoms with Gasteiger partial charge in [-0.3, -0.25) is 4.79 Å². The Kier molecular flexibility index (Phi) is 3.59. The minimum atomic E-state index is 0.0717. The van der Waals surface area contributed by atoms with Crippen LogP contribution < -0.4 is 5.32 Å². The lowest BCUT2D eigenvalue weighted by molar-refractivity contribution is -0.134. The van der Waals surface area contributed by atoms with Crippen LogP contribution in [0.15, 0.2) is 0 Å². The van der Waals surface area contributed by atoms with Crippen LogP contribution in [0.5, 0.6) is 0 Å². The predicted octanol–water partition coefficient (Wildman–Crippen LogP) is 0.376. The van der Waals surface area contributed by atoms with Gasteiger partial charge in [0, 0.05) is 13.7 Å². The quantitative estimate of drug-likeness (QED) is 0.735. The normalized spacial score (nSPS) is 31.1. The zero-order valence-electron chi connectivity index (χ0n) is 9.37. The van der Waals surface area contributed by atoms with Gasteiger partial charge >= 0.3 is 0 Å². The number of likely N-dealkylation sites (tertiary alicyclic amines) is 1. The summed E-state index contributed by atoms with van der Waals surface area (Å²) in [6, 6.07) is 0.382. The Morgan fingerprint density at radius 3 is 3.00 bits per heavy atom. The van der Waals surface area contributed by atoms with E-state index in [1.165, 1.54) is 0 Å². The average Bonchev–Trinajstić information content (AvgIpc) is 2.87. The van der Waals surface area contributed by atoms with E-state index in [1.54, 1.807) is 7.11 Å². The summed E-state index contributed by atoms with van der Waals surface area (Å²) in [5.41, 5.74) is 0. The number of carbonyl (C=O) groups excluding carboxylic acids is 1. The first-order valence-electron chi connectivity index (χ1n) is 5.85. The van der Waals surface area contributed by atoms with Gasteiger partial charge in [0.25, 0.3) is 0 Å². The molecule has 0 aromatic carbocycles. The van der Waals surface area contributed by atoms with Gasteiger partial charge < -0.3 is 15.0 Å². The molecule has 2 heterocycles. The molecule has 86 valence electrons. The van der Waals surface area contributed by atoms with Gasteiger partial charge in [0.05, 0.1) is 18.7 Å². The molecule has 0 aromatic rings. The second kappa shape index (κ2) is 4.94. The lowest BCUT2D eigenvalue weighted by atomic mass is 10.2. The first-order valence-corrected chi connectivity index (χ1v) is 5.85. The molecule has 1 amide bonds. The third-order valence-corrected chi connectivity index (χ3v) is 3.38. The molecule has 2 aliphatic rings. The number of hydrogen-bond acceptors (Lipinski definition) is 3. The topological polar surface area (TPSA) is 41.6 Å². The summed E-state index contributed by atoms with van der Waals surface area (Å²) in [6.07, 6.45) is 4.33. The minimum Gasteiger partial charge on any atom is -0.383 e. The van der Waals surface area contributed by atoms with Gasteiger partial charge in [0.2, 0.25) is 5.91 Å². The van der Waals surface area contributed by atoms with Gasteiger partial charge in [-0.25, -0.2) is 0 Å². The van der Waals surface area contributed by atoms with Gasteiger partial charge in [0.15, 0.2) is 0 Å². The van der Waals surface area contributed by atoms with E-state index in [0.29, 0.717) is 12.6 Å². The smallest absolute Gasteiger partial charge is 0.240 e. The molecule has 2 fully saturated rings. The van der Waals surface area contributed by atoms with Crippen molar-refractivity contribution in [3.8, 4) is 0 Å². The van der Waals surface area contributed by atoms with Crippen molar-refractivity contribution in [3.63, 3.8) is 0 Å². The van der Waals surface area contributed by atoms with E-state index < -0.39 is 0 Å². The molecular weight excluding hydrogens is 192 g/mol. The molecule has 0 radical (unpaired) electrons. The SMILES string of the molecule is COC[C@H]1CCCN1C(=O)[C@H]1CCCN1. The molecule has 0 aliphatic carbocycles. The Morgan fingerprint density at radius 2 is 2.33 bits per heavy atom. The van der Waals surface area contributed by atoms with Crippen LogP contribution in [0.4, 0.5) is 0 Å². The molecule has 2 rings (SSSR count). The average molecular weight is 212 g/mol. The maximum atomic E-state index is 12.1. The van der Waals surface area contributed by atoms with Gasteiger partial charge in [0.1, 0.15) is 0 Å². The molecular formula is C11H20N2O2. The van der Waals surface area contributed by atoms with Crippen molar-refractivity contribution >= 4 is 5.91 Å². The van der Waals surface area contributed by atoms with Gasteiger partial charge in [-0.15, -0.1) is 0 Å². The number of carbonyl (C=O) groups is 1. The largest absolute Gasteiger partial charge is 0.383 e. The molecule has 0 unspecified atom stereocenters. The summed E-state index contributed by atoms with van der Waals surface area (Å²) in [6.45, 7) is 2.57. The zero-order valence-corrected chi connectivity index (χ0v) is 9.37. The number of methoxy groups -OCH3 is 1. The lowest BCUT2D eigenvalue weighted by Gasteiger charge is -2.26. The zero-order chi connectivity index (χ0) is 10.7. The van der Waals surface area contributed by atoms with Crippen molar-refractivity contribution in [2.24, 2.45) is 0 Å². The fraction of sp³-hybridized carbons (Fsp3) is 0.909. The first kappa shape index (κ1) is 10.9. The van der Waals surface area contributed by atoms with Gasteiger partial charge in [-0.2, -0.15) is 0 Å². The van der Waals surface area contributed by atoms with Crippen molar-refractivity contribution < 1.29 is 9.53 Å². The second-order valence-corrected chi connectivity index (χ2v) is 4.43. The number of amides is 1. The lowest BCUT2D eigenvalue weighted by Crippen LogP contribution is -2.47. The van der Waals surface area contributed by atoms with Crippen LogP contribution in [0.2, 0.25) is 0 Å². The Morgan fingerprint density at radius 1 is 1.47 bits per heavy atom. The third kappa shape index (κ3) is 2.32. The molecule has 1 N–H and O–H groups in total. The van der Waals surface area contributed by atoms with E-state index in [9.17, 15) is 4.79 Å². The van der Waals surface area contributed by atoms with Crippen LogP contribution in [-0.2, 0) is 9.53 Å². The molecule has 4 nitrogen and oxygen atoms in total. The summed E-state index contributed by atoms with van der Waals surface area (Å²) in [4.78, 5) is 14.1. The Bertz CT molecular complexity index is 227. The molecule has 0 bridgehead atoms. The standard InChI is InChI=1S/C11H20N2O2/c1-15-8-9-4-3-7-13(9)11(14)10-5-2-6-12-10/h9-10,12H,2-8H2,1H3/t9-,10-/m1/s1. The number of nitrogens with zero attached hydrogens (tertiary/aromatic N) is 1. The molecule has 15 heavy (non-hydrogen) atoms.